The molecule has 0 N–H and O–H groups in total. The molecule has 1 heterocycles. The third kappa shape index (κ3) is 1.66. The molecule has 0 radical (unpaired) electrons. The predicted molar refractivity (Wildman–Crippen MR) is 84.4 cm³/mol. The van der Waals surface area contributed by atoms with Crippen molar-refractivity contribution in [3.05, 3.63) is 53.1 Å². The van der Waals surface area contributed by atoms with Crippen LogP contribution < -0.4 is 0 Å². The SMILES string of the molecule is CCOC(=O)c1ccc2c3c(nsc13)-c1ccccc1C2=O. The molecule has 0 saturated carbocycles. The van der Waals surface area contributed by atoms with Crippen LogP contribution in [0, 0.1) is 0 Å². The van der Waals surface area contributed by atoms with Crippen LogP contribution in [0.5, 0.6) is 0 Å². The summed E-state index contributed by atoms with van der Waals surface area (Å²) in [6.07, 6.45) is 0. The quantitative estimate of drug-likeness (QED) is 0.530. The molecule has 0 saturated heterocycles. The molecule has 0 aliphatic heterocycles. The summed E-state index contributed by atoms with van der Waals surface area (Å²) in [7, 11) is 0. The fourth-order valence-electron chi connectivity index (χ4n) is 2.82. The molecule has 0 bridgehead atoms. The number of nitrogens with zero attached hydrogens (tertiary/aromatic N) is 1. The van der Waals surface area contributed by atoms with Gasteiger partial charge in [0.25, 0.3) is 0 Å². The van der Waals surface area contributed by atoms with Gasteiger partial charge >= 0.3 is 5.97 Å². The molecular formula is C17H11NO3S. The first-order valence-electron chi connectivity index (χ1n) is 6.96. The Hall–Kier alpha value is -2.53. The normalized spacial score (nSPS) is 12.3. The number of ether oxygens (including phenoxy) is 1. The average molecular weight is 309 g/mol. The number of fused-ring (bicyclic) bond motifs is 2. The van der Waals surface area contributed by atoms with Crippen LogP contribution >= 0.6 is 11.5 Å². The Morgan fingerprint density at radius 1 is 1.14 bits per heavy atom. The summed E-state index contributed by atoms with van der Waals surface area (Å²) >= 11 is 1.24. The Balaban J connectivity index is 2.05. The number of ketones is 1. The molecule has 4 nitrogen and oxygen atoms in total. The molecule has 0 atom stereocenters. The van der Waals surface area contributed by atoms with E-state index in [0.29, 0.717) is 28.0 Å². The van der Waals surface area contributed by atoms with Gasteiger partial charge in [0.1, 0.15) is 0 Å². The second-order valence-electron chi connectivity index (χ2n) is 4.99. The molecule has 0 unspecified atom stereocenters. The second-order valence-corrected chi connectivity index (χ2v) is 5.76. The van der Waals surface area contributed by atoms with E-state index in [2.05, 4.69) is 4.37 Å². The maximum atomic E-state index is 12.7. The highest BCUT2D eigenvalue weighted by Gasteiger charge is 2.29. The summed E-state index contributed by atoms with van der Waals surface area (Å²) in [6.45, 7) is 2.08. The van der Waals surface area contributed by atoms with E-state index in [1.165, 1.54) is 11.5 Å². The lowest BCUT2D eigenvalue weighted by Crippen LogP contribution is -2.11. The van der Waals surface area contributed by atoms with E-state index in [9.17, 15) is 9.59 Å². The zero-order valence-electron chi connectivity index (χ0n) is 11.8. The Morgan fingerprint density at radius 2 is 1.91 bits per heavy atom. The van der Waals surface area contributed by atoms with Crippen molar-refractivity contribution in [2.45, 2.75) is 6.92 Å². The van der Waals surface area contributed by atoms with Crippen LogP contribution in [-0.4, -0.2) is 22.7 Å². The standard InChI is InChI=1S/C17H11NO3S/c1-2-21-17(20)12-8-7-11-13-14(18-22-16(12)13)9-5-3-4-6-10(9)15(11)19/h3-8H,2H2,1H3. The van der Waals surface area contributed by atoms with E-state index in [1.807, 2.05) is 24.3 Å². The van der Waals surface area contributed by atoms with Crippen LogP contribution in [0.1, 0.15) is 33.2 Å². The number of hydrogen-bond acceptors (Lipinski definition) is 5. The zero-order valence-corrected chi connectivity index (χ0v) is 12.6. The third-order valence-corrected chi connectivity index (χ3v) is 4.67. The minimum Gasteiger partial charge on any atom is -0.462 e. The monoisotopic (exact) mass is 309 g/mol. The maximum Gasteiger partial charge on any atom is 0.339 e. The number of rotatable bonds is 2. The number of benzene rings is 2. The van der Waals surface area contributed by atoms with Gasteiger partial charge in [-0.25, -0.2) is 4.79 Å². The Labute approximate surface area is 130 Å². The first-order chi connectivity index (χ1) is 10.7. The van der Waals surface area contributed by atoms with Crippen LogP contribution in [0.2, 0.25) is 0 Å². The van der Waals surface area contributed by atoms with Crippen molar-refractivity contribution in [1.29, 1.82) is 0 Å². The maximum absolute atomic E-state index is 12.7. The van der Waals surface area contributed by atoms with Gasteiger partial charge in [0, 0.05) is 22.1 Å². The lowest BCUT2D eigenvalue weighted by atomic mass is 9.87. The van der Waals surface area contributed by atoms with Crippen LogP contribution in [0.3, 0.4) is 0 Å². The summed E-state index contributed by atoms with van der Waals surface area (Å²) in [6, 6.07) is 10.8. The number of carbonyl (C=O) groups excluding carboxylic acids is 2. The van der Waals surface area contributed by atoms with Crippen LogP contribution in [-0.2, 0) is 4.74 Å². The van der Waals surface area contributed by atoms with Crippen LogP contribution in [0.25, 0.3) is 21.3 Å². The summed E-state index contributed by atoms with van der Waals surface area (Å²) in [5.41, 5.74) is 3.33. The van der Waals surface area contributed by atoms with Gasteiger partial charge in [0.15, 0.2) is 5.78 Å². The van der Waals surface area contributed by atoms with Crippen molar-refractivity contribution in [2.75, 3.05) is 6.61 Å². The van der Waals surface area contributed by atoms with Crippen molar-refractivity contribution in [2.24, 2.45) is 0 Å². The van der Waals surface area contributed by atoms with Crippen molar-refractivity contribution in [3.63, 3.8) is 0 Å². The molecule has 108 valence electrons. The Kier molecular flexibility index (Phi) is 2.84. The van der Waals surface area contributed by atoms with Crippen molar-refractivity contribution < 1.29 is 14.3 Å². The van der Waals surface area contributed by atoms with E-state index in [1.54, 1.807) is 19.1 Å². The molecule has 3 aromatic rings. The van der Waals surface area contributed by atoms with Crippen molar-refractivity contribution in [1.82, 2.24) is 4.37 Å². The molecule has 2 aromatic carbocycles. The summed E-state index contributed by atoms with van der Waals surface area (Å²) in [5.74, 6) is -0.403. The minimum atomic E-state index is -0.379. The number of aromatic nitrogens is 1. The van der Waals surface area contributed by atoms with Crippen LogP contribution in [0.15, 0.2) is 36.4 Å². The molecule has 0 amide bonds. The molecule has 5 heteroatoms. The number of esters is 1. The fourth-order valence-corrected chi connectivity index (χ4v) is 3.74. The molecule has 1 aromatic heterocycles. The molecule has 0 spiro atoms. The summed E-state index contributed by atoms with van der Waals surface area (Å²) in [4.78, 5) is 24.7. The van der Waals surface area contributed by atoms with E-state index in [-0.39, 0.29) is 11.8 Å². The summed E-state index contributed by atoms with van der Waals surface area (Å²) < 4.78 is 10.3. The third-order valence-electron chi connectivity index (χ3n) is 3.79. The van der Waals surface area contributed by atoms with E-state index < -0.39 is 0 Å². The van der Waals surface area contributed by atoms with Gasteiger partial charge in [0.2, 0.25) is 0 Å². The topological polar surface area (TPSA) is 56.3 Å². The van der Waals surface area contributed by atoms with Gasteiger partial charge in [-0.15, -0.1) is 0 Å². The fraction of sp³-hybridized carbons (Fsp3) is 0.118. The first-order valence-corrected chi connectivity index (χ1v) is 7.73. The van der Waals surface area contributed by atoms with Gasteiger partial charge in [-0.05, 0) is 30.6 Å². The van der Waals surface area contributed by atoms with Crippen molar-refractivity contribution >= 4 is 33.4 Å². The molecule has 22 heavy (non-hydrogen) atoms. The highest BCUT2D eigenvalue weighted by Crippen LogP contribution is 2.41. The largest absolute Gasteiger partial charge is 0.462 e. The predicted octanol–water partition coefficient (Wildman–Crippen LogP) is 3.68. The molecular weight excluding hydrogens is 298 g/mol. The van der Waals surface area contributed by atoms with Gasteiger partial charge in [-0.1, -0.05) is 24.3 Å². The molecule has 0 fully saturated rings. The van der Waals surface area contributed by atoms with E-state index in [0.717, 1.165) is 16.6 Å². The summed E-state index contributed by atoms with van der Waals surface area (Å²) in [5, 5.41) is 0.763. The lowest BCUT2D eigenvalue weighted by Gasteiger charge is -2.15. The van der Waals surface area contributed by atoms with Crippen LogP contribution in [0.4, 0.5) is 0 Å². The smallest absolute Gasteiger partial charge is 0.339 e. The molecule has 4 rings (SSSR count). The highest BCUT2D eigenvalue weighted by molar-refractivity contribution is 7.14. The second kappa shape index (κ2) is 4.74. The lowest BCUT2D eigenvalue weighted by molar-refractivity contribution is 0.0528. The Bertz CT molecular complexity index is 942. The highest BCUT2D eigenvalue weighted by atomic mass is 32.1. The minimum absolute atomic E-state index is 0.0243. The zero-order chi connectivity index (χ0) is 15.3. The first kappa shape index (κ1) is 13.2. The molecule has 1 aliphatic carbocycles. The van der Waals surface area contributed by atoms with Gasteiger partial charge in [0.05, 0.1) is 22.6 Å². The number of carbonyl (C=O) groups is 2. The van der Waals surface area contributed by atoms with Gasteiger partial charge in [-0.2, -0.15) is 4.37 Å². The number of hydrogen-bond donors (Lipinski definition) is 0. The van der Waals surface area contributed by atoms with Gasteiger partial charge < -0.3 is 4.74 Å². The van der Waals surface area contributed by atoms with E-state index >= 15 is 0 Å². The van der Waals surface area contributed by atoms with E-state index in [4.69, 9.17) is 4.74 Å². The van der Waals surface area contributed by atoms with Crippen molar-refractivity contribution in [3.8, 4) is 11.3 Å². The van der Waals surface area contributed by atoms with Gasteiger partial charge in [-0.3, -0.25) is 4.79 Å². The average Bonchev–Trinajstić information content (AvgIpc) is 2.98. The Morgan fingerprint density at radius 3 is 2.68 bits per heavy atom. The molecule has 1 aliphatic rings.